The third-order valence-electron chi connectivity index (χ3n) is 3.72. The number of nitrogens with zero attached hydrogens (tertiary/aromatic N) is 2. The molecule has 1 saturated carbocycles. The van der Waals surface area contributed by atoms with Crippen LogP contribution in [-0.2, 0) is 6.54 Å². The van der Waals surface area contributed by atoms with E-state index in [0.717, 1.165) is 24.6 Å². The predicted octanol–water partition coefficient (Wildman–Crippen LogP) is 3.12. The molecule has 0 aromatic heterocycles. The maximum atomic E-state index is 14.2. The first-order chi connectivity index (χ1) is 10.2. The Morgan fingerprint density at radius 3 is 2.50 bits per heavy atom. The molecule has 0 atom stereocenters. The molecule has 1 aromatic rings. The van der Waals surface area contributed by atoms with Crippen LogP contribution in [0.1, 0.15) is 32.3 Å². The van der Waals surface area contributed by atoms with Gasteiger partial charge in [-0.25, -0.2) is 4.39 Å². The first-order valence-electron chi connectivity index (χ1n) is 7.68. The lowest BCUT2D eigenvalue weighted by atomic mass is 10.2. The molecule has 0 radical (unpaired) electrons. The summed E-state index contributed by atoms with van der Waals surface area (Å²) < 4.78 is 14.2. The highest BCUT2D eigenvalue weighted by atomic mass is 127. The molecule has 1 fully saturated rings. The minimum atomic E-state index is -0.164. The quantitative estimate of drug-likeness (QED) is 0.422. The van der Waals surface area contributed by atoms with Crippen molar-refractivity contribution in [1.29, 1.82) is 0 Å². The Balaban J connectivity index is 0.00000242. The van der Waals surface area contributed by atoms with E-state index in [1.807, 2.05) is 30.9 Å². The molecule has 124 valence electrons. The van der Waals surface area contributed by atoms with Crippen molar-refractivity contribution in [2.24, 2.45) is 4.99 Å². The minimum absolute atomic E-state index is 0. The van der Waals surface area contributed by atoms with Gasteiger partial charge in [-0.05, 0) is 44.4 Å². The summed E-state index contributed by atoms with van der Waals surface area (Å²) in [4.78, 5) is 6.18. The van der Waals surface area contributed by atoms with Gasteiger partial charge in [0.1, 0.15) is 5.82 Å². The molecule has 0 heterocycles. The van der Waals surface area contributed by atoms with Gasteiger partial charge in [-0.15, -0.1) is 24.0 Å². The summed E-state index contributed by atoms with van der Waals surface area (Å²) >= 11 is 0. The number of guanidine groups is 1. The van der Waals surface area contributed by atoms with Crippen LogP contribution >= 0.6 is 24.0 Å². The topological polar surface area (TPSA) is 39.7 Å². The van der Waals surface area contributed by atoms with Gasteiger partial charge in [0.05, 0.1) is 5.69 Å². The second-order valence-corrected chi connectivity index (χ2v) is 5.30. The summed E-state index contributed by atoms with van der Waals surface area (Å²) in [5, 5.41) is 6.53. The van der Waals surface area contributed by atoms with Crippen molar-refractivity contribution in [3.8, 4) is 0 Å². The smallest absolute Gasteiger partial charge is 0.191 e. The van der Waals surface area contributed by atoms with Gasteiger partial charge in [-0.1, -0.05) is 6.07 Å². The lowest BCUT2D eigenvalue weighted by Gasteiger charge is -2.22. The van der Waals surface area contributed by atoms with Gasteiger partial charge in [0.25, 0.3) is 0 Å². The number of anilines is 1. The monoisotopic (exact) mass is 420 g/mol. The van der Waals surface area contributed by atoms with Crippen LogP contribution < -0.4 is 15.5 Å². The summed E-state index contributed by atoms with van der Waals surface area (Å²) in [6.07, 6.45) is 2.40. The molecule has 2 N–H and O–H groups in total. The van der Waals surface area contributed by atoms with Gasteiger partial charge in [-0.2, -0.15) is 0 Å². The van der Waals surface area contributed by atoms with Crippen molar-refractivity contribution < 1.29 is 4.39 Å². The van der Waals surface area contributed by atoms with Gasteiger partial charge >= 0.3 is 0 Å². The fourth-order valence-corrected chi connectivity index (χ4v) is 2.28. The zero-order valence-corrected chi connectivity index (χ0v) is 15.9. The van der Waals surface area contributed by atoms with Gasteiger partial charge in [-0.3, -0.25) is 4.99 Å². The van der Waals surface area contributed by atoms with Crippen molar-refractivity contribution in [2.45, 2.75) is 39.3 Å². The van der Waals surface area contributed by atoms with Gasteiger partial charge in [0.2, 0.25) is 0 Å². The summed E-state index contributed by atoms with van der Waals surface area (Å²) in [5.41, 5.74) is 1.59. The Kier molecular flexibility index (Phi) is 7.92. The Morgan fingerprint density at radius 2 is 2.00 bits per heavy atom. The average Bonchev–Trinajstić information content (AvgIpc) is 3.30. The van der Waals surface area contributed by atoms with Crippen molar-refractivity contribution >= 4 is 35.6 Å². The third kappa shape index (κ3) is 5.30. The van der Waals surface area contributed by atoms with Crippen LogP contribution in [-0.4, -0.2) is 32.1 Å². The van der Waals surface area contributed by atoms with Gasteiger partial charge in [0.15, 0.2) is 5.96 Å². The van der Waals surface area contributed by atoms with E-state index >= 15 is 0 Å². The van der Waals surface area contributed by atoms with Crippen LogP contribution in [0.2, 0.25) is 0 Å². The molecule has 1 aromatic carbocycles. The highest BCUT2D eigenvalue weighted by Crippen LogP contribution is 2.20. The lowest BCUT2D eigenvalue weighted by molar-refractivity contribution is 0.617. The molecule has 0 bridgehead atoms. The summed E-state index contributed by atoms with van der Waals surface area (Å²) in [5.74, 6) is 0.619. The van der Waals surface area contributed by atoms with E-state index in [1.165, 1.54) is 12.8 Å². The molecule has 0 saturated heterocycles. The molecule has 6 heteroatoms. The van der Waals surface area contributed by atoms with Gasteiger partial charge < -0.3 is 15.5 Å². The highest BCUT2D eigenvalue weighted by Gasteiger charge is 2.22. The van der Waals surface area contributed by atoms with E-state index in [9.17, 15) is 4.39 Å². The first-order valence-corrected chi connectivity index (χ1v) is 7.68. The van der Waals surface area contributed by atoms with Crippen molar-refractivity contribution in [3.05, 3.63) is 29.6 Å². The molecule has 0 unspecified atom stereocenters. The number of hydrogen-bond acceptors (Lipinski definition) is 2. The van der Waals surface area contributed by atoms with E-state index in [4.69, 9.17) is 0 Å². The summed E-state index contributed by atoms with van der Waals surface area (Å²) in [6, 6.07) is 5.98. The molecule has 22 heavy (non-hydrogen) atoms. The largest absolute Gasteiger partial charge is 0.370 e. The number of halogens is 2. The average molecular weight is 420 g/mol. The van der Waals surface area contributed by atoms with Gasteiger partial charge in [0, 0.05) is 32.7 Å². The molecule has 1 aliphatic carbocycles. The predicted molar refractivity (Wildman–Crippen MR) is 102 cm³/mol. The third-order valence-corrected chi connectivity index (χ3v) is 3.72. The van der Waals surface area contributed by atoms with E-state index in [-0.39, 0.29) is 29.8 Å². The van der Waals surface area contributed by atoms with Crippen molar-refractivity contribution in [2.75, 3.05) is 25.0 Å². The van der Waals surface area contributed by atoms with Crippen LogP contribution in [0, 0.1) is 5.82 Å². The SMILES string of the molecule is CCN(CC)c1ccc(CNC(=NC)NC2CC2)cc1F.I. The molecule has 4 nitrogen and oxygen atoms in total. The zero-order chi connectivity index (χ0) is 15.2. The Hall–Kier alpha value is -1.05. The number of aliphatic imine (C=N–C) groups is 1. The lowest BCUT2D eigenvalue weighted by Crippen LogP contribution is -2.38. The second kappa shape index (κ2) is 9.17. The van der Waals surface area contributed by atoms with E-state index < -0.39 is 0 Å². The molecule has 1 aliphatic rings. The maximum absolute atomic E-state index is 14.2. The van der Waals surface area contributed by atoms with Crippen molar-refractivity contribution in [3.63, 3.8) is 0 Å². The number of nitrogens with one attached hydrogen (secondary N) is 2. The molecule has 2 rings (SSSR count). The van der Waals surface area contributed by atoms with Crippen LogP contribution in [0.4, 0.5) is 10.1 Å². The van der Waals surface area contributed by atoms with E-state index in [2.05, 4.69) is 15.6 Å². The summed E-state index contributed by atoms with van der Waals surface area (Å²) in [6.45, 7) is 6.26. The normalized spacial score (nSPS) is 14.3. The van der Waals surface area contributed by atoms with E-state index in [0.29, 0.717) is 18.3 Å². The van der Waals surface area contributed by atoms with Crippen molar-refractivity contribution in [1.82, 2.24) is 10.6 Å². The highest BCUT2D eigenvalue weighted by molar-refractivity contribution is 14.0. The molecule has 0 aliphatic heterocycles. The Labute approximate surface area is 149 Å². The molecular formula is C16H26FIN4. The maximum Gasteiger partial charge on any atom is 0.191 e. The van der Waals surface area contributed by atoms with Crippen LogP contribution in [0.3, 0.4) is 0 Å². The Bertz CT molecular complexity index is 499. The van der Waals surface area contributed by atoms with E-state index in [1.54, 1.807) is 13.1 Å². The van der Waals surface area contributed by atoms with Crippen LogP contribution in [0.25, 0.3) is 0 Å². The molecular weight excluding hydrogens is 394 g/mol. The van der Waals surface area contributed by atoms with Crippen LogP contribution in [0.15, 0.2) is 23.2 Å². The fourth-order valence-electron chi connectivity index (χ4n) is 2.28. The standard InChI is InChI=1S/C16H25FN4.HI/c1-4-21(5-2)15-9-6-12(10-14(15)17)11-19-16(18-3)20-13-7-8-13;/h6,9-10,13H,4-5,7-8,11H2,1-3H3,(H2,18,19,20);1H. The first kappa shape index (κ1) is 19.0. The molecule has 0 spiro atoms. The molecule has 0 amide bonds. The second-order valence-electron chi connectivity index (χ2n) is 5.30. The summed E-state index contributed by atoms with van der Waals surface area (Å²) in [7, 11) is 1.75. The minimum Gasteiger partial charge on any atom is -0.370 e. The number of rotatable bonds is 6. The van der Waals surface area contributed by atoms with Crippen LogP contribution in [0.5, 0.6) is 0 Å². The fraction of sp³-hybridized carbons (Fsp3) is 0.562. The number of benzene rings is 1. The zero-order valence-electron chi connectivity index (χ0n) is 13.5. The number of hydrogen-bond donors (Lipinski definition) is 2. The Morgan fingerprint density at radius 1 is 1.32 bits per heavy atom.